The van der Waals surface area contributed by atoms with Gasteiger partial charge >= 0.3 is 0 Å². The number of ether oxygens (including phenoxy) is 1. The van der Waals surface area contributed by atoms with E-state index in [0.29, 0.717) is 16.6 Å². The molecule has 4 nitrogen and oxygen atoms in total. The summed E-state index contributed by atoms with van der Waals surface area (Å²) in [5.74, 6) is 1.13. The van der Waals surface area contributed by atoms with Crippen molar-refractivity contribution in [2.24, 2.45) is 0 Å². The molecule has 0 saturated heterocycles. The van der Waals surface area contributed by atoms with Crippen molar-refractivity contribution in [2.75, 3.05) is 6.26 Å². The van der Waals surface area contributed by atoms with Crippen molar-refractivity contribution >= 4 is 11.8 Å². The van der Waals surface area contributed by atoms with Gasteiger partial charge in [-0.05, 0) is 43.4 Å². The topological polar surface area (TPSA) is 55.2 Å². The molecule has 0 bridgehead atoms. The first-order chi connectivity index (χ1) is 9.12. The van der Waals surface area contributed by atoms with E-state index < -0.39 is 0 Å². The number of aliphatic hydroxyl groups excluding tert-OH is 1. The van der Waals surface area contributed by atoms with E-state index in [9.17, 15) is 5.11 Å². The first-order valence-corrected chi connectivity index (χ1v) is 7.11. The summed E-state index contributed by atoms with van der Waals surface area (Å²) in [5, 5.41) is 9.92. The molecule has 0 fully saturated rings. The molecule has 1 N–H and O–H groups in total. The summed E-state index contributed by atoms with van der Waals surface area (Å²) in [7, 11) is 0. The van der Waals surface area contributed by atoms with Gasteiger partial charge in [0.15, 0.2) is 5.16 Å². The van der Waals surface area contributed by atoms with Crippen LogP contribution in [-0.4, -0.2) is 21.3 Å². The highest BCUT2D eigenvalue weighted by atomic mass is 32.2. The highest BCUT2D eigenvalue weighted by molar-refractivity contribution is 7.98. The Kier molecular flexibility index (Phi) is 4.39. The average Bonchev–Trinajstić information content (AvgIpc) is 2.37. The van der Waals surface area contributed by atoms with Crippen LogP contribution in [-0.2, 0) is 6.61 Å². The summed E-state index contributed by atoms with van der Waals surface area (Å²) in [6, 6.07) is 5.96. The molecule has 1 heterocycles. The van der Waals surface area contributed by atoms with Crippen molar-refractivity contribution in [3.63, 3.8) is 0 Å². The standard InChI is InChI=1S/C14H16N2O2S/c1-9-4-10(2)6-12(5-9)18-13-11(8-17)7-15-14(16-13)19-3/h4-7,17H,8H2,1-3H3. The summed E-state index contributed by atoms with van der Waals surface area (Å²) in [5.41, 5.74) is 2.83. The predicted octanol–water partition coefficient (Wildman–Crippen LogP) is 3.10. The summed E-state index contributed by atoms with van der Waals surface area (Å²) in [6.45, 7) is 3.88. The van der Waals surface area contributed by atoms with Gasteiger partial charge in [-0.25, -0.2) is 4.98 Å². The fraction of sp³-hybridized carbons (Fsp3) is 0.286. The predicted molar refractivity (Wildman–Crippen MR) is 75.7 cm³/mol. The van der Waals surface area contributed by atoms with Crippen LogP contribution in [0, 0.1) is 13.8 Å². The Balaban J connectivity index is 2.35. The minimum Gasteiger partial charge on any atom is -0.438 e. The van der Waals surface area contributed by atoms with E-state index in [4.69, 9.17) is 4.74 Å². The molecule has 0 atom stereocenters. The third-order valence-electron chi connectivity index (χ3n) is 2.57. The maximum Gasteiger partial charge on any atom is 0.228 e. The highest BCUT2D eigenvalue weighted by Crippen LogP contribution is 2.26. The van der Waals surface area contributed by atoms with Crippen molar-refractivity contribution in [1.29, 1.82) is 0 Å². The first-order valence-electron chi connectivity index (χ1n) is 5.89. The lowest BCUT2D eigenvalue weighted by Crippen LogP contribution is -1.98. The molecule has 1 aromatic carbocycles. The minimum atomic E-state index is -0.144. The normalized spacial score (nSPS) is 10.5. The number of aliphatic hydroxyl groups is 1. The van der Waals surface area contributed by atoms with Gasteiger partial charge in [0.05, 0.1) is 12.2 Å². The van der Waals surface area contributed by atoms with Crippen molar-refractivity contribution in [2.45, 2.75) is 25.6 Å². The van der Waals surface area contributed by atoms with Crippen LogP contribution < -0.4 is 4.74 Å². The third kappa shape index (κ3) is 3.45. The maximum atomic E-state index is 9.30. The quantitative estimate of drug-likeness (QED) is 0.687. The fourth-order valence-corrected chi connectivity index (χ4v) is 2.11. The van der Waals surface area contributed by atoms with E-state index in [1.165, 1.54) is 11.8 Å². The maximum absolute atomic E-state index is 9.30. The fourth-order valence-electron chi connectivity index (χ4n) is 1.77. The Morgan fingerprint density at radius 1 is 1.21 bits per heavy atom. The molecule has 0 amide bonds. The second-order valence-electron chi connectivity index (χ2n) is 4.27. The molecular weight excluding hydrogens is 260 g/mol. The Hall–Kier alpha value is -1.59. The van der Waals surface area contributed by atoms with Gasteiger partial charge in [0.1, 0.15) is 5.75 Å². The monoisotopic (exact) mass is 276 g/mol. The van der Waals surface area contributed by atoms with Gasteiger partial charge in [-0.2, -0.15) is 4.98 Å². The smallest absolute Gasteiger partial charge is 0.228 e. The number of nitrogens with zero attached hydrogens (tertiary/aromatic N) is 2. The van der Waals surface area contributed by atoms with Crippen molar-refractivity contribution < 1.29 is 9.84 Å². The van der Waals surface area contributed by atoms with Crippen LogP contribution in [0.15, 0.2) is 29.6 Å². The van der Waals surface area contributed by atoms with Crippen LogP contribution in [0.5, 0.6) is 11.6 Å². The molecule has 2 aromatic rings. The van der Waals surface area contributed by atoms with Crippen molar-refractivity contribution in [3.8, 4) is 11.6 Å². The Morgan fingerprint density at radius 2 is 1.89 bits per heavy atom. The van der Waals surface area contributed by atoms with Crippen LogP contribution in [0.4, 0.5) is 0 Å². The minimum absolute atomic E-state index is 0.144. The molecule has 0 radical (unpaired) electrons. The molecule has 0 aliphatic carbocycles. The van der Waals surface area contributed by atoms with E-state index >= 15 is 0 Å². The lowest BCUT2D eigenvalue weighted by molar-refractivity contribution is 0.273. The lowest BCUT2D eigenvalue weighted by atomic mass is 10.1. The summed E-state index contributed by atoms with van der Waals surface area (Å²) >= 11 is 1.44. The van der Waals surface area contributed by atoms with Gasteiger partial charge < -0.3 is 9.84 Å². The summed E-state index contributed by atoms with van der Waals surface area (Å²) < 4.78 is 5.78. The molecule has 2 rings (SSSR count). The van der Waals surface area contributed by atoms with E-state index in [0.717, 1.165) is 16.9 Å². The zero-order valence-corrected chi connectivity index (χ0v) is 12.0. The zero-order valence-electron chi connectivity index (χ0n) is 11.2. The van der Waals surface area contributed by atoms with Gasteiger partial charge in [0.25, 0.3) is 0 Å². The van der Waals surface area contributed by atoms with Crippen LogP contribution in [0.2, 0.25) is 0 Å². The number of rotatable bonds is 4. The second kappa shape index (κ2) is 6.04. The molecule has 5 heteroatoms. The molecular formula is C14H16N2O2S. The van der Waals surface area contributed by atoms with Crippen molar-refractivity contribution in [1.82, 2.24) is 9.97 Å². The SMILES string of the molecule is CSc1ncc(CO)c(Oc2cc(C)cc(C)c2)n1. The van der Waals surface area contributed by atoms with E-state index in [-0.39, 0.29) is 6.61 Å². The number of hydrogen-bond acceptors (Lipinski definition) is 5. The van der Waals surface area contributed by atoms with Crippen LogP contribution in [0.1, 0.15) is 16.7 Å². The first kappa shape index (κ1) is 13.8. The largest absolute Gasteiger partial charge is 0.438 e. The summed E-state index contributed by atoms with van der Waals surface area (Å²) in [4.78, 5) is 8.40. The Labute approximate surface area is 116 Å². The number of benzene rings is 1. The highest BCUT2D eigenvalue weighted by Gasteiger charge is 2.09. The van der Waals surface area contributed by atoms with Gasteiger partial charge in [-0.1, -0.05) is 17.8 Å². The van der Waals surface area contributed by atoms with Crippen LogP contribution >= 0.6 is 11.8 Å². The number of hydrogen-bond donors (Lipinski definition) is 1. The van der Waals surface area contributed by atoms with E-state index in [2.05, 4.69) is 16.0 Å². The summed E-state index contributed by atoms with van der Waals surface area (Å²) in [6.07, 6.45) is 3.49. The Bertz CT molecular complexity index is 567. The third-order valence-corrected chi connectivity index (χ3v) is 3.13. The van der Waals surface area contributed by atoms with Gasteiger partial charge in [0, 0.05) is 6.20 Å². The van der Waals surface area contributed by atoms with Crippen molar-refractivity contribution in [3.05, 3.63) is 41.1 Å². The molecule has 19 heavy (non-hydrogen) atoms. The number of thioether (sulfide) groups is 1. The molecule has 1 aromatic heterocycles. The molecule has 0 aliphatic rings. The molecule has 100 valence electrons. The van der Waals surface area contributed by atoms with Gasteiger partial charge in [-0.15, -0.1) is 0 Å². The van der Waals surface area contributed by atoms with E-state index in [1.807, 2.05) is 32.2 Å². The van der Waals surface area contributed by atoms with Gasteiger partial charge in [-0.3, -0.25) is 0 Å². The van der Waals surface area contributed by atoms with Gasteiger partial charge in [0.2, 0.25) is 5.88 Å². The zero-order chi connectivity index (χ0) is 13.8. The molecule has 0 spiro atoms. The van der Waals surface area contributed by atoms with E-state index in [1.54, 1.807) is 6.20 Å². The molecule has 0 unspecified atom stereocenters. The number of aromatic nitrogens is 2. The number of aryl methyl sites for hydroxylation is 2. The second-order valence-corrected chi connectivity index (χ2v) is 5.04. The average molecular weight is 276 g/mol. The van der Waals surface area contributed by atoms with Crippen LogP contribution in [0.3, 0.4) is 0 Å². The lowest BCUT2D eigenvalue weighted by Gasteiger charge is -2.10. The Morgan fingerprint density at radius 3 is 2.47 bits per heavy atom. The van der Waals surface area contributed by atoms with Crippen LogP contribution in [0.25, 0.3) is 0 Å². The molecule has 0 saturated carbocycles. The molecule has 0 aliphatic heterocycles.